The van der Waals surface area contributed by atoms with Crippen molar-refractivity contribution in [1.29, 1.82) is 0 Å². The number of piperazine rings is 1. The molecule has 0 spiro atoms. The summed E-state index contributed by atoms with van der Waals surface area (Å²) >= 11 is 0. The van der Waals surface area contributed by atoms with Crippen molar-refractivity contribution in [2.45, 2.75) is 6.92 Å². The lowest BCUT2D eigenvalue weighted by atomic mass is 10.2. The van der Waals surface area contributed by atoms with Gasteiger partial charge in [0.2, 0.25) is 0 Å². The summed E-state index contributed by atoms with van der Waals surface area (Å²) in [6, 6.07) is 9.91. The molecule has 7 heteroatoms. The maximum atomic E-state index is 12.3. The fraction of sp³-hybridized carbons (Fsp3) is 0.381. The number of aryl methyl sites for hydroxylation is 1. The average molecular weight is 378 g/mol. The summed E-state index contributed by atoms with van der Waals surface area (Å²) in [5.74, 6) is 7.61. The van der Waals surface area contributed by atoms with E-state index in [2.05, 4.69) is 39.0 Å². The standard InChI is InChI=1S/C21H26N6O/c1-3-22-21(24-11-7-10-18-8-5-4-6-9-18)27-16-14-26(15-17-27)19-20(28)25(2)13-12-23-19/h4-6,8-9,12-13H,3,11,14-17H2,1-2H3,(H,22,24). The lowest BCUT2D eigenvalue weighted by Crippen LogP contribution is -2.53. The maximum absolute atomic E-state index is 12.3. The Morgan fingerprint density at radius 3 is 2.68 bits per heavy atom. The zero-order chi connectivity index (χ0) is 19.8. The molecule has 1 aromatic carbocycles. The zero-order valence-electron chi connectivity index (χ0n) is 16.4. The van der Waals surface area contributed by atoms with Crippen LogP contribution in [0, 0.1) is 11.8 Å². The van der Waals surface area contributed by atoms with Gasteiger partial charge < -0.3 is 19.7 Å². The molecular weight excluding hydrogens is 352 g/mol. The second-order valence-corrected chi connectivity index (χ2v) is 6.48. The summed E-state index contributed by atoms with van der Waals surface area (Å²) in [7, 11) is 1.75. The highest BCUT2D eigenvalue weighted by atomic mass is 16.1. The van der Waals surface area contributed by atoms with Crippen molar-refractivity contribution in [3.05, 3.63) is 58.6 Å². The molecule has 0 unspecified atom stereocenters. The molecule has 0 radical (unpaired) electrons. The normalized spacial score (nSPS) is 14.4. The van der Waals surface area contributed by atoms with Crippen molar-refractivity contribution in [3.63, 3.8) is 0 Å². The topological polar surface area (TPSA) is 65.8 Å². The van der Waals surface area contributed by atoms with E-state index >= 15 is 0 Å². The van der Waals surface area contributed by atoms with Gasteiger partial charge in [0.25, 0.3) is 5.56 Å². The number of aliphatic imine (C=N–C) groups is 1. The van der Waals surface area contributed by atoms with Gasteiger partial charge >= 0.3 is 0 Å². The fourth-order valence-electron chi connectivity index (χ4n) is 3.03. The summed E-state index contributed by atoms with van der Waals surface area (Å²) in [6.07, 6.45) is 3.34. The van der Waals surface area contributed by atoms with Crippen LogP contribution in [0.1, 0.15) is 12.5 Å². The molecule has 7 nitrogen and oxygen atoms in total. The molecule has 1 aliphatic rings. The third kappa shape index (κ3) is 4.92. The van der Waals surface area contributed by atoms with Gasteiger partial charge in [-0.3, -0.25) is 4.79 Å². The highest BCUT2D eigenvalue weighted by Gasteiger charge is 2.22. The number of nitrogens with zero attached hydrogens (tertiary/aromatic N) is 5. The van der Waals surface area contributed by atoms with Crippen LogP contribution < -0.4 is 15.8 Å². The van der Waals surface area contributed by atoms with Crippen LogP contribution in [-0.4, -0.2) is 59.7 Å². The van der Waals surface area contributed by atoms with Crippen molar-refractivity contribution >= 4 is 11.8 Å². The van der Waals surface area contributed by atoms with E-state index in [4.69, 9.17) is 0 Å². The molecule has 146 valence electrons. The van der Waals surface area contributed by atoms with Crippen LogP contribution in [-0.2, 0) is 7.05 Å². The monoisotopic (exact) mass is 378 g/mol. The molecule has 1 aromatic heterocycles. The second kappa shape index (κ2) is 9.60. The molecule has 28 heavy (non-hydrogen) atoms. The lowest BCUT2D eigenvalue weighted by molar-refractivity contribution is 0.371. The van der Waals surface area contributed by atoms with E-state index in [1.165, 1.54) is 0 Å². The van der Waals surface area contributed by atoms with Gasteiger partial charge in [0.1, 0.15) is 6.54 Å². The molecule has 0 saturated carbocycles. The van der Waals surface area contributed by atoms with Gasteiger partial charge in [-0.2, -0.15) is 0 Å². The molecule has 1 saturated heterocycles. The fourth-order valence-corrected chi connectivity index (χ4v) is 3.03. The van der Waals surface area contributed by atoms with E-state index in [1.54, 1.807) is 24.0 Å². The highest BCUT2D eigenvalue weighted by molar-refractivity contribution is 5.80. The molecule has 3 rings (SSSR count). The van der Waals surface area contributed by atoms with Crippen LogP contribution in [0.4, 0.5) is 5.82 Å². The van der Waals surface area contributed by atoms with Crippen LogP contribution in [0.3, 0.4) is 0 Å². The SMILES string of the molecule is CCNC(=NCC#Cc1ccccc1)N1CCN(c2nccn(C)c2=O)CC1. The Morgan fingerprint density at radius 2 is 1.96 bits per heavy atom. The average Bonchev–Trinajstić information content (AvgIpc) is 2.73. The Hall–Kier alpha value is -3.27. The number of guanidine groups is 1. The van der Waals surface area contributed by atoms with E-state index in [-0.39, 0.29) is 5.56 Å². The third-order valence-electron chi connectivity index (χ3n) is 4.53. The molecule has 1 N–H and O–H groups in total. The number of aromatic nitrogens is 2. The number of rotatable bonds is 3. The lowest BCUT2D eigenvalue weighted by Gasteiger charge is -2.36. The van der Waals surface area contributed by atoms with E-state index in [0.717, 1.165) is 44.2 Å². The van der Waals surface area contributed by atoms with Gasteiger partial charge in [-0.05, 0) is 19.1 Å². The van der Waals surface area contributed by atoms with Crippen LogP contribution in [0.25, 0.3) is 0 Å². The second-order valence-electron chi connectivity index (χ2n) is 6.48. The summed E-state index contributed by atoms with van der Waals surface area (Å²) in [4.78, 5) is 25.4. The Morgan fingerprint density at radius 1 is 1.21 bits per heavy atom. The number of hydrogen-bond donors (Lipinski definition) is 1. The Bertz CT molecular complexity index is 917. The minimum absolute atomic E-state index is 0.0623. The van der Waals surface area contributed by atoms with Gasteiger partial charge in [-0.1, -0.05) is 30.0 Å². The molecule has 2 aromatic rings. The van der Waals surface area contributed by atoms with Gasteiger partial charge in [-0.15, -0.1) is 0 Å². The van der Waals surface area contributed by atoms with Gasteiger partial charge in [-0.25, -0.2) is 9.98 Å². The maximum Gasteiger partial charge on any atom is 0.293 e. The first-order valence-electron chi connectivity index (χ1n) is 9.53. The van der Waals surface area contributed by atoms with Crippen molar-refractivity contribution < 1.29 is 0 Å². The van der Waals surface area contributed by atoms with Crippen molar-refractivity contribution in [3.8, 4) is 11.8 Å². The van der Waals surface area contributed by atoms with E-state index in [9.17, 15) is 4.79 Å². The van der Waals surface area contributed by atoms with Gasteiger partial charge in [0.05, 0.1) is 0 Å². The van der Waals surface area contributed by atoms with Crippen LogP contribution in [0.5, 0.6) is 0 Å². The smallest absolute Gasteiger partial charge is 0.293 e. The van der Waals surface area contributed by atoms with Crippen LogP contribution >= 0.6 is 0 Å². The first-order valence-corrected chi connectivity index (χ1v) is 9.53. The Balaban J connectivity index is 1.62. The molecule has 1 fully saturated rings. The van der Waals surface area contributed by atoms with E-state index in [1.807, 2.05) is 35.2 Å². The molecular formula is C21H26N6O. The molecule has 0 atom stereocenters. The molecule has 0 bridgehead atoms. The minimum atomic E-state index is -0.0623. The zero-order valence-corrected chi connectivity index (χ0v) is 16.4. The first kappa shape index (κ1) is 19.5. The van der Waals surface area contributed by atoms with Crippen LogP contribution in [0.15, 0.2) is 52.5 Å². The number of benzene rings is 1. The quantitative estimate of drug-likeness (QED) is 0.489. The Labute approximate surface area is 165 Å². The highest BCUT2D eigenvalue weighted by Crippen LogP contribution is 2.09. The molecule has 2 heterocycles. The van der Waals surface area contributed by atoms with E-state index < -0.39 is 0 Å². The summed E-state index contributed by atoms with van der Waals surface area (Å²) < 4.78 is 1.56. The number of hydrogen-bond acceptors (Lipinski definition) is 4. The molecule has 1 aliphatic heterocycles. The number of nitrogens with one attached hydrogen (secondary N) is 1. The summed E-state index contributed by atoms with van der Waals surface area (Å²) in [5, 5.41) is 3.33. The third-order valence-corrected chi connectivity index (χ3v) is 4.53. The van der Waals surface area contributed by atoms with Crippen molar-refractivity contribution in [2.75, 3.05) is 44.2 Å². The van der Waals surface area contributed by atoms with Gasteiger partial charge in [0.15, 0.2) is 11.8 Å². The van der Waals surface area contributed by atoms with E-state index in [0.29, 0.717) is 12.4 Å². The van der Waals surface area contributed by atoms with Crippen molar-refractivity contribution in [1.82, 2.24) is 19.8 Å². The molecule has 0 aliphatic carbocycles. The predicted molar refractivity (Wildman–Crippen MR) is 113 cm³/mol. The number of anilines is 1. The van der Waals surface area contributed by atoms with Crippen molar-refractivity contribution in [2.24, 2.45) is 12.0 Å². The van der Waals surface area contributed by atoms with Crippen LogP contribution in [0.2, 0.25) is 0 Å². The van der Waals surface area contributed by atoms with Gasteiger partial charge in [0, 0.05) is 57.7 Å². The predicted octanol–water partition coefficient (Wildman–Crippen LogP) is 0.920. The Kier molecular flexibility index (Phi) is 6.68. The largest absolute Gasteiger partial charge is 0.356 e. The minimum Gasteiger partial charge on any atom is -0.356 e. The summed E-state index contributed by atoms with van der Waals surface area (Å²) in [5.41, 5.74) is 0.931. The first-order chi connectivity index (χ1) is 13.7. The summed E-state index contributed by atoms with van der Waals surface area (Å²) in [6.45, 7) is 6.30. The molecule has 0 amide bonds.